The van der Waals surface area contributed by atoms with Crippen LogP contribution in [-0.2, 0) is 19.1 Å². The minimum atomic E-state index is -0.298. The summed E-state index contributed by atoms with van der Waals surface area (Å²) >= 11 is 0. The number of carbonyl (C=O) groups excluding carboxylic acids is 2. The fourth-order valence-corrected chi connectivity index (χ4v) is 2.38. The zero-order valence-corrected chi connectivity index (χ0v) is 16.3. The van der Waals surface area contributed by atoms with E-state index in [9.17, 15) is 9.59 Å². The number of carbonyl (C=O) groups is 2. The van der Waals surface area contributed by atoms with E-state index < -0.39 is 0 Å². The van der Waals surface area contributed by atoms with Crippen LogP contribution in [0.25, 0.3) is 0 Å². The summed E-state index contributed by atoms with van der Waals surface area (Å²) in [6.07, 6.45) is 9.02. The molecule has 0 radical (unpaired) electrons. The van der Waals surface area contributed by atoms with Crippen molar-refractivity contribution >= 4 is 71.1 Å². The molecule has 0 amide bonds. The third-order valence-corrected chi connectivity index (χ3v) is 3.91. The summed E-state index contributed by atoms with van der Waals surface area (Å²) in [5.41, 5.74) is 0. The van der Waals surface area contributed by atoms with Crippen molar-refractivity contribution < 1.29 is 19.1 Å². The van der Waals surface area contributed by atoms with Crippen LogP contribution in [0.4, 0.5) is 0 Å². The fraction of sp³-hybridized carbons (Fsp3) is 0.900. The molecule has 0 aromatic rings. The maximum absolute atomic E-state index is 11.5. The summed E-state index contributed by atoms with van der Waals surface area (Å²) in [6.45, 7) is 9.77. The third-order valence-electron chi connectivity index (χ3n) is 3.91. The second-order valence-electron chi connectivity index (χ2n) is 7.43. The van der Waals surface area contributed by atoms with Crippen LogP contribution in [-0.4, -0.2) is 84.3 Å². The van der Waals surface area contributed by atoms with E-state index in [0.29, 0.717) is 13.2 Å². The Bertz CT molecular complexity index is 302. The first-order valence-electron chi connectivity index (χ1n) is 9.73. The minimum absolute atomic E-state index is 0. The molecule has 6 heteroatoms. The van der Waals surface area contributed by atoms with Crippen molar-refractivity contribution in [1.82, 2.24) is 0 Å². The normalized spacial score (nSPS) is 10.2. The number of esters is 2. The van der Waals surface area contributed by atoms with Crippen LogP contribution in [0, 0.1) is 11.8 Å². The Balaban J connectivity index is -0.00000264. The van der Waals surface area contributed by atoms with Gasteiger partial charge in [0, 0.05) is 0 Å². The number of ether oxygens (including phenoxy) is 2. The van der Waals surface area contributed by atoms with E-state index in [1.54, 1.807) is 0 Å². The molecule has 0 fully saturated rings. The maximum atomic E-state index is 11.5. The molecule has 0 unspecified atom stereocenters. The van der Waals surface area contributed by atoms with Crippen LogP contribution < -0.4 is 0 Å². The molecule has 0 rings (SSSR count). The summed E-state index contributed by atoms with van der Waals surface area (Å²) in [4.78, 5) is 23.1. The van der Waals surface area contributed by atoms with Gasteiger partial charge >= 0.3 is 71.1 Å². The van der Waals surface area contributed by atoms with Gasteiger partial charge in [-0.15, -0.1) is 0 Å². The summed E-state index contributed by atoms with van der Waals surface area (Å²) in [7, 11) is 0. The van der Waals surface area contributed by atoms with Crippen LogP contribution in [0.3, 0.4) is 0 Å². The van der Waals surface area contributed by atoms with Gasteiger partial charge < -0.3 is 9.47 Å². The summed E-state index contributed by atoms with van der Waals surface area (Å²) in [5, 5.41) is 0. The van der Waals surface area contributed by atoms with Gasteiger partial charge in [-0.3, -0.25) is 9.59 Å². The van der Waals surface area contributed by atoms with Crippen LogP contribution >= 0.6 is 0 Å². The van der Waals surface area contributed by atoms with Crippen molar-refractivity contribution in [3.8, 4) is 0 Å². The van der Waals surface area contributed by atoms with E-state index in [1.165, 1.54) is 25.7 Å². The van der Waals surface area contributed by atoms with Gasteiger partial charge in [-0.2, -0.15) is 0 Å². The van der Waals surface area contributed by atoms with Gasteiger partial charge in [0.2, 0.25) is 0 Å². The zero-order chi connectivity index (χ0) is 18.2. The molecule has 4 nitrogen and oxygen atoms in total. The second kappa shape index (κ2) is 22.2. The number of unbranched alkanes of at least 4 members (excludes halogenated alkanes) is 4. The van der Waals surface area contributed by atoms with Crippen molar-refractivity contribution in [2.24, 2.45) is 11.8 Å². The van der Waals surface area contributed by atoms with Gasteiger partial charge in [0.1, 0.15) is 0 Å². The van der Waals surface area contributed by atoms with Crippen LogP contribution in [0.5, 0.6) is 0 Å². The van der Waals surface area contributed by atoms with E-state index in [0.717, 1.165) is 37.5 Å². The summed E-state index contributed by atoms with van der Waals surface area (Å²) in [5.74, 6) is 0.864. The Kier molecular flexibility index (Phi) is 27.0. The average molecular weight is 391 g/mol. The van der Waals surface area contributed by atoms with E-state index in [4.69, 9.17) is 9.47 Å². The fourth-order valence-electron chi connectivity index (χ4n) is 2.38. The number of hydrogen-bond acceptors (Lipinski definition) is 4. The molecule has 0 aliphatic carbocycles. The van der Waals surface area contributed by atoms with Gasteiger partial charge in [-0.1, -0.05) is 66.2 Å². The van der Waals surface area contributed by atoms with Gasteiger partial charge in [0.15, 0.2) is 0 Å². The van der Waals surface area contributed by atoms with Crippen molar-refractivity contribution in [3.05, 3.63) is 0 Å². The molecule has 0 aliphatic heterocycles. The Hall–Kier alpha value is 0.940. The van der Waals surface area contributed by atoms with Gasteiger partial charge in [-0.05, 0) is 24.7 Å². The zero-order valence-electron chi connectivity index (χ0n) is 16.3. The first kappa shape index (κ1) is 31.6. The van der Waals surface area contributed by atoms with Crippen molar-refractivity contribution in [1.29, 1.82) is 0 Å². The van der Waals surface area contributed by atoms with E-state index in [-0.39, 0.29) is 83.9 Å². The molecule has 0 saturated heterocycles. The Labute approximate surface area is 205 Å². The Morgan fingerprint density at radius 2 is 0.962 bits per heavy atom. The Morgan fingerprint density at radius 1 is 0.615 bits per heavy atom. The first-order valence-corrected chi connectivity index (χ1v) is 9.73. The van der Waals surface area contributed by atoms with Crippen molar-refractivity contribution in [3.63, 3.8) is 0 Å². The van der Waals surface area contributed by atoms with Crippen LogP contribution in [0.2, 0.25) is 0 Å². The molecule has 0 N–H and O–H groups in total. The average Bonchev–Trinajstić information content (AvgIpc) is 2.51. The van der Waals surface area contributed by atoms with E-state index >= 15 is 0 Å². The van der Waals surface area contributed by atoms with Crippen LogP contribution in [0.15, 0.2) is 0 Å². The standard InChI is InChI=1S/C20H38O4.2Na.2H/c1-17(2)11-7-5-9-15-23-19(21)13-14-20(22)24-16-10-6-8-12-18(3)4;;;;/h17-18H,5-16H2,1-4H3;;;;. The topological polar surface area (TPSA) is 52.6 Å². The van der Waals surface area contributed by atoms with E-state index in [1.807, 2.05) is 0 Å². The molecule has 0 aromatic heterocycles. The molecule has 146 valence electrons. The summed E-state index contributed by atoms with van der Waals surface area (Å²) in [6, 6.07) is 0. The van der Waals surface area contributed by atoms with Crippen LogP contribution in [0.1, 0.15) is 91.9 Å². The molecule has 0 atom stereocenters. The molecule has 0 spiro atoms. The van der Waals surface area contributed by atoms with Gasteiger partial charge in [-0.25, -0.2) is 0 Å². The van der Waals surface area contributed by atoms with Gasteiger partial charge in [0.05, 0.1) is 26.1 Å². The predicted molar refractivity (Wildman–Crippen MR) is 112 cm³/mol. The molecular weight excluding hydrogens is 350 g/mol. The molecule has 26 heavy (non-hydrogen) atoms. The number of hydrogen-bond donors (Lipinski definition) is 0. The molecular formula is C20H40Na2O4. The molecule has 0 aromatic carbocycles. The monoisotopic (exact) mass is 390 g/mol. The molecule has 0 heterocycles. The number of rotatable bonds is 15. The Morgan fingerprint density at radius 3 is 1.27 bits per heavy atom. The van der Waals surface area contributed by atoms with Gasteiger partial charge in [0.25, 0.3) is 0 Å². The predicted octanol–water partition coefficient (Wildman–Crippen LogP) is 3.99. The quantitative estimate of drug-likeness (QED) is 0.241. The third kappa shape index (κ3) is 24.9. The van der Waals surface area contributed by atoms with Crippen molar-refractivity contribution in [2.75, 3.05) is 13.2 Å². The van der Waals surface area contributed by atoms with E-state index in [2.05, 4.69) is 27.7 Å². The first-order chi connectivity index (χ1) is 11.4. The molecule has 0 bridgehead atoms. The summed E-state index contributed by atoms with van der Waals surface area (Å²) < 4.78 is 10.3. The van der Waals surface area contributed by atoms with Crippen molar-refractivity contribution in [2.45, 2.75) is 91.9 Å². The molecule has 0 saturated carbocycles. The molecule has 0 aliphatic rings. The second-order valence-corrected chi connectivity index (χ2v) is 7.43. The SMILES string of the molecule is CC(C)CCCCCOC(=O)CCC(=O)OCCCCCC(C)C.[NaH].[NaH].